The van der Waals surface area contributed by atoms with Gasteiger partial charge in [-0.25, -0.2) is 14.8 Å². The Balaban J connectivity index is 2.96. The molecule has 0 radical (unpaired) electrons. The molecule has 0 saturated heterocycles. The van der Waals surface area contributed by atoms with Gasteiger partial charge in [0.25, 0.3) is 0 Å². The standard InChI is InChI=1S/C11H17N3O2/c1-4-6-12-9-7-8(5-2)13-10(14-9)11(15)16-3/h7H,4-6H2,1-3H3,(H,12,13,14). The summed E-state index contributed by atoms with van der Waals surface area (Å²) in [5.41, 5.74) is 0.828. The van der Waals surface area contributed by atoms with E-state index in [4.69, 9.17) is 0 Å². The van der Waals surface area contributed by atoms with E-state index in [2.05, 4.69) is 26.9 Å². The maximum Gasteiger partial charge on any atom is 0.376 e. The molecule has 0 unspecified atom stereocenters. The third-order valence-corrected chi connectivity index (χ3v) is 2.07. The summed E-state index contributed by atoms with van der Waals surface area (Å²) in [6, 6.07) is 1.85. The van der Waals surface area contributed by atoms with Crippen molar-refractivity contribution >= 4 is 11.8 Å². The number of methoxy groups -OCH3 is 1. The predicted octanol–water partition coefficient (Wildman–Crippen LogP) is 1.65. The van der Waals surface area contributed by atoms with Gasteiger partial charge in [-0.3, -0.25) is 0 Å². The lowest BCUT2D eigenvalue weighted by atomic mass is 10.3. The Labute approximate surface area is 95.3 Å². The third kappa shape index (κ3) is 3.18. The molecule has 0 aromatic carbocycles. The molecule has 5 heteroatoms. The smallest absolute Gasteiger partial charge is 0.376 e. The number of esters is 1. The molecule has 1 rings (SSSR count). The van der Waals surface area contributed by atoms with E-state index >= 15 is 0 Å². The van der Waals surface area contributed by atoms with E-state index in [1.54, 1.807) is 0 Å². The predicted molar refractivity (Wildman–Crippen MR) is 61.5 cm³/mol. The van der Waals surface area contributed by atoms with Crippen LogP contribution in [0.25, 0.3) is 0 Å². The number of hydrogen-bond acceptors (Lipinski definition) is 5. The van der Waals surface area contributed by atoms with E-state index in [1.807, 2.05) is 13.0 Å². The van der Waals surface area contributed by atoms with Crippen molar-refractivity contribution in [3.8, 4) is 0 Å². The van der Waals surface area contributed by atoms with Gasteiger partial charge in [0.15, 0.2) is 0 Å². The summed E-state index contributed by atoms with van der Waals surface area (Å²) in [5, 5.41) is 3.13. The summed E-state index contributed by atoms with van der Waals surface area (Å²) in [6.45, 7) is 4.86. The van der Waals surface area contributed by atoms with E-state index < -0.39 is 5.97 Å². The Morgan fingerprint density at radius 3 is 2.75 bits per heavy atom. The average Bonchev–Trinajstić information content (AvgIpc) is 2.34. The van der Waals surface area contributed by atoms with E-state index in [-0.39, 0.29) is 5.82 Å². The minimum Gasteiger partial charge on any atom is -0.463 e. The van der Waals surface area contributed by atoms with Gasteiger partial charge in [-0.2, -0.15) is 0 Å². The van der Waals surface area contributed by atoms with Crippen molar-refractivity contribution in [2.24, 2.45) is 0 Å². The molecule has 0 spiro atoms. The zero-order valence-electron chi connectivity index (χ0n) is 9.91. The number of anilines is 1. The van der Waals surface area contributed by atoms with Crippen molar-refractivity contribution in [3.05, 3.63) is 17.6 Å². The quantitative estimate of drug-likeness (QED) is 0.769. The minimum atomic E-state index is -0.505. The van der Waals surface area contributed by atoms with E-state index in [1.165, 1.54) is 7.11 Å². The van der Waals surface area contributed by atoms with Crippen LogP contribution in [0.15, 0.2) is 6.07 Å². The minimum absolute atomic E-state index is 0.112. The maximum absolute atomic E-state index is 11.3. The van der Waals surface area contributed by atoms with E-state index in [9.17, 15) is 4.79 Å². The first-order chi connectivity index (χ1) is 7.71. The SMILES string of the molecule is CCCNc1cc(CC)nc(C(=O)OC)n1. The van der Waals surface area contributed by atoms with Crippen LogP contribution < -0.4 is 5.32 Å². The number of rotatable bonds is 5. The van der Waals surface area contributed by atoms with Gasteiger partial charge in [-0.1, -0.05) is 13.8 Å². The van der Waals surface area contributed by atoms with Crippen LogP contribution in [-0.4, -0.2) is 29.6 Å². The number of carbonyl (C=O) groups is 1. The highest BCUT2D eigenvalue weighted by Crippen LogP contribution is 2.08. The van der Waals surface area contributed by atoms with Crippen LogP contribution in [0, 0.1) is 0 Å². The summed E-state index contributed by atoms with van der Waals surface area (Å²) in [5.74, 6) is 0.282. The summed E-state index contributed by atoms with van der Waals surface area (Å²) in [6.07, 6.45) is 1.76. The van der Waals surface area contributed by atoms with E-state index in [0.29, 0.717) is 5.82 Å². The molecule has 0 saturated carbocycles. The largest absolute Gasteiger partial charge is 0.463 e. The van der Waals surface area contributed by atoms with Crippen molar-refractivity contribution in [1.29, 1.82) is 0 Å². The highest BCUT2D eigenvalue weighted by atomic mass is 16.5. The van der Waals surface area contributed by atoms with Crippen LogP contribution in [-0.2, 0) is 11.2 Å². The zero-order valence-corrected chi connectivity index (χ0v) is 9.91. The number of ether oxygens (including phenoxy) is 1. The fourth-order valence-corrected chi connectivity index (χ4v) is 1.20. The monoisotopic (exact) mass is 223 g/mol. The van der Waals surface area contributed by atoms with Gasteiger partial charge in [0.1, 0.15) is 5.82 Å². The molecular formula is C11H17N3O2. The Kier molecular flexibility index (Phi) is 4.69. The van der Waals surface area contributed by atoms with Crippen LogP contribution in [0.4, 0.5) is 5.82 Å². The summed E-state index contributed by atoms with van der Waals surface area (Å²) < 4.78 is 4.60. The molecule has 0 amide bonds. The first-order valence-corrected chi connectivity index (χ1v) is 5.41. The second-order valence-electron chi connectivity index (χ2n) is 3.34. The number of carbonyl (C=O) groups excluding carboxylic acids is 1. The maximum atomic E-state index is 11.3. The van der Waals surface area contributed by atoms with Gasteiger partial charge >= 0.3 is 5.97 Å². The normalized spacial score (nSPS) is 9.94. The number of aromatic nitrogens is 2. The summed E-state index contributed by atoms with van der Waals surface area (Å²) in [7, 11) is 1.32. The first kappa shape index (κ1) is 12.4. The number of hydrogen-bond donors (Lipinski definition) is 1. The van der Waals surface area contributed by atoms with Crippen molar-refractivity contribution < 1.29 is 9.53 Å². The summed E-state index contributed by atoms with van der Waals surface area (Å²) in [4.78, 5) is 19.5. The highest BCUT2D eigenvalue weighted by Gasteiger charge is 2.11. The van der Waals surface area contributed by atoms with Gasteiger partial charge in [0.2, 0.25) is 5.82 Å². The van der Waals surface area contributed by atoms with E-state index in [0.717, 1.165) is 25.1 Å². The van der Waals surface area contributed by atoms with Gasteiger partial charge in [0.05, 0.1) is 7.11 Å². The van der Waals surface area contributed by atoms with Crippen LogP contribution in [0.2, 0.25) is 0 Å². The van der Waals surface area contributed by atoms with Gasteiger partial charge in [-0.15, -0.1) is 0 Å². The lowest BCUT2D eigenvalue weighted by Crippen LogP contribution is -2.12. The molecule has 0 atom stereocenters. The second-order valence-corrected chi connectivity index (χ2v) is 3.34. The molecule has 0 aliphatic rings. The van der Waals surface area contributed by atoms with Crippen LogP contribution in [0.1, 0.15) is 36.6 Å². The molecule has 5 nitrogen and oxygen atoms in total. The molecule has 1 N–H and O–H groups in total. The molecule has 16 heavy (non-hydrogen) atoms. The zero-order chi connectivity index (χ0) is 12.0. The molecule has 88 valence electrons. The van der Waals surface area contributed by atoms with Crippen molar-refractivity contribution in [3.63, 3.8) is 0 Å². The van der Waals surface area contributed by atoms with Crippen molar-refractivity contribution in [2.75, 3.05) is 19.0 Å². The molecular weight excluding hydrogens is 206 g/mol. The van der Waals surface area contributed by atoms with Crippen LogP contribution in [0.5, 0.6) is 0 Å². The molecule has 0 aliphatic carbocycles. The number of nitrogens with one attached hydrogen (secondary N) is 1. The Bertz CT molecular complexity index is 366. The Morgan fingerprint density at radius 2 is 2.19 bits per heavy atom. The molecule has 1 heterocycles. The Morgan fingerprint density at radius 1 is 1.44 bits per heavy atom. The fourth-order valence-electron chi connectivity index (χ4n) is 1.20. The van der Waals surface area contributed by atoms with Gasteiger partial charge < -0.3 is 10.1 Å². The lowest BCUT2D eigenvalue weighted by molar-refractivity contribution is 0.0586. The van der Waals surface area contributed by atoms with Gasteiger partial charge in [-0.05, 0) is 12.8 Å². The molecule has 0 fully saturated rings. The van der Waals surface area contributed by atoms with Crippen molar-refractivity contribution in [1.82, 2.24) is 9.97 Å². The van der Waals surface area contributed by atoms with Crippen LogP contribution >= 0.6 is 0 Å². The summed E-state index contributed by atoms with van der Waals surface area (Å²) >= 11 is 0. The molecule has 1 aromatic rings. The molecule has 0 aliphatic heterocycles. The lowest BCUT2D eigenvalue weighted by Gasteiger charge is -2.07. The molecule has 1 aromatic heterocycles. The highest BCUT2D eigenvalue weighted by molar-refractivity contribution is 5.85. The Hall–Kier alpha value is -1.65. The van der Waals surface area contributed by atoms with Gasteiger partial charge in [0, 0.05) is 18.3 Å². The van der Waals surface area contributed by atoms with Crippen LogP contribution in [0.3, 0.4) is 0 Å². The number of aryl methyl sites for hydroxylation is 1. The first-order valence-electron chi connectivity index (χ1n) is 5.41. The topological polar surface area (TPSA) is 64.1 Å². The van der Waals surface area contributed by atoms with Crippen molar-refractivity contribution in [2.45, 2.75) is 26.7 Å². The number of nitrogens with zero attached hydrogens (tertiary/aromatic N) is 2. The third-order valence-electron chi connectivity index (χ3n) is 2.07. The molecule has 0 bridgehead atoms. The average molecular weight is 223 g/mol. The second kappa shape index (κ2) is 6.05. The fraction of sp³-hybridized carbons (Fsp3) is 0.545.